The predicted molar refractivity (Wildman–Crippen MR) is 45.2 cm³/mol. The van der Waals surface area contributed by atoms with Crippen molar-refractivity contribution in [2.45, 2.75) is 12.8 Å². The topological polar surface area (TPSA) is 67.1 Å². The van der Waals surface area contributed by atoms with E-state index < -0.39 is 0 Å². The molecule has 0 aliphatic carbocycles. The number of amides is 1. The minimum Gasteiger partial charge on any atom is -0.316 e. The number of hydrogen-bond acceptors (Lipinski definition) is 3. The van der Waals surface area contributed by atoms with Gasteiger partial charge >= 0.3 is 0 Å². The SMILES string of the molecule is Cl.NNC(=O)C1CCCNC1. The zero-order valence-corrected chi connectivity index (χ0v) is 7.12. The maximum Gasteiger partial charge on any atom is 0.238 e. The molecule has 1 aliphatic heterocycles. The first kappa shape index (κ1) is 10.7. The number of nitrogens with one attached hydrogen (secondary N) is 2. The van der Waals surface area contributed by atoms with Crippen LogP contribution in [-0.2, 0) is 4.79 Å². The third kappa shape index (κ3) is 3.05. The summed E-state index contributed by atoms with van der Waals surface area (Å²) in [5.74, 6) is 5.01. The van der Waals surface area contributed by atoms with Crippen molar-refractivity contribution in [1.29, 1.82) is 0 Å². The Morgan fingerprint density at radius 3 is 2.82 bits per heavy atom. The fourth-order valence-corrected chi connectivity index (χ4v) is 1.19. The van der Waals surface area contributed by atoms with Crippen molar-refractivity contribution in [1.82, 2.24) is 10.7 Å². The summed E-state index contributed by atoms with van der Waals surface area (Å²) in [5.41, 5.74) is 2.16. The number of hydrogen-bond donors (Lipinski definition) is 3. The second-order valence-electron chi connectivity index (χ2n) is 2.55. The summed E-state index contributed by atoms with van der Waals surface area (Å²) in [6, 6.07) is 0. The normalized spacial score (nSPS) is 23.5. The molecule has 1 atom stereocenters. The van der Waals surface area contributed by atoms with E-state index in [2.05, 4.69) is 10.7 Å². The van der Waals surface area contributed by atoms with Crippen LogP contribution < -0.4 is 16.6 Å². The van der Waals surface area contributed by atoms with Gasteiger partial charge in [-0.15, -0.1) is 12.4 Å². The van der Waals surface area contributed by atoms with Crippen molar-refractivity contribution >= 4 is 18.3 Å². The summed E-state index contributed by atoms with van der Waals surface area (Å²) >= 11 is 0. The molecule has 1 fully saturated rings. The largest absolute Gasteiger partial charge is 0.316 e. The average Bonchev–Trinajstić information content (AvgIpc) is 2.05. The van der Waals surface area contributed by atoms with Crippen LogP contribution in [0.5, 0.6) is 0 Å². The fourth-order valence-electron chi connectivity index (χ4n) is 1.19. The predicted octanol–water partition coefficient (Wildman–Crippen LogP) is -0.602. The molecule has 11 heavy (non-hydrogen) atoms. The molecule has 5 heteroatoms. The van der Waals surface area contributed by atoms with Gasteiger partial charge in [-0.1, -0.05) is 0 Å². The van der Waals surface area contributed by atoms with E-state index in [1.165, 1.54) is 0 Å². The molecule has 1 heterocycles. The third-order valence-corrected chi connectivity index (χ3v) is 1.81. The molecule has 0 radical (unpaired) electrons. The fraction of sp³-hybridized carbons (Fsp3) is 0.833. The van der Waals surface area contributed by atoms with Crippen molar-refractivity contribution in [3.05, 3.63) is 0 Å². The Morgan fingerprint density at radius 2 is 2.36 bits per heavy atom. The Kier molecular flexibility index (Phi) is 5.19. The highest BCUT2D eigenvalue weighted by atomic mass is 35.5. The summed E-state index contributed by atoms with van der Waals surface area (Å²) in [6.45, 7) is 1.79. The van der Waals surface area contributed by atoms with Crippen molar-refractivity contribution in [3.63, 3.8) is 0 Å². The van der Waals surface area contributed by atoms with Gasteiger partial charge in [0, 0.05) is 6.54 Å². The summed E-state index contributed by atoms with van der Waals surface area (Å²) < 4.78 is 0. The molecule has 0 aromatic heterocycles. The molecule has 1 amide bonds. The molecule has 0 aromatic rings. The van der Waals surface area contributed by atoms with Crippen molar-refractivity contribution in [3.8, 4) is 0 Å². The van der Waals surface area contributed by atoms with Gasteiger partial charge in [-0.25, -0.2) is 5.84 Å². The lowest BCUT2D eigenvalue weighted by atomic mass is 9.99. The second kappa shape index (κ2) is 5.35. The van der Waals surface area contributed by atoms with Gasteiger partial charge in [-0.2, -0.15) is 0 Å². The molecule has 0 spiro atoms. The number of carbonyl (C=O) groups is 1. The Bertz CT molecular complexity index is 125. The average molecular weight is 180 g/mol. The van der Waals surface area contributed by atoms with Crippen LogP contribution >= 0.6 is 12.4 Å². The van der Waals surface area contributed by atoms with Crippen LogP contribution in [0.2, 0.25) is 0 Å². The number of rotatable bonds is 1. The molecule has 0 saturated carbocycles. The molecule has 0 bridgehead atoms. The Hall–Kier alpha value is -0.320. The smallest absolute Gasteiger partial charge is 0.238 e. The number of halogens is 1. The first-order valence-corrected chi connectivity index (χ1v) is 3.56. The van der Waals surface area contributed by atoms with Crippen LogP contribution in [0.1, 0.15) is 12.8 Å². The second-order valence-corrected chi connectivity index (χ2v) is 2.55. The minimum atomic E-state index is -0.0489. The number of hydrazine groups is 1. The van der Waals surface area contributed by atoms with Crippen LogP contribution in [0.4, 0.5) is 0 Å². The van der Waals surface area contributed by atoms with Gasteiger partial charge in [0.25, 0.3) is 0 Å². The van der Waals surface area contributed by atoms with E-state index in [4.69, 9.17) is 5.84 Å². The zero-order valence-electron chi connectivity index (χ0n) is 6.30. The van der Waals surface area contributed by atoms with Gasteiger partial charge in [0.2, 0.25) is 5.91 Å². The van der Waals surface area contributed by atoms with Crippen molar-refractivity contribution in [2.24, 2.45) is 11.8 Å². The molecule has 4 N–H and O–H groups in total. The van der Waals surface area contributed by atoms with Crippen LogP contribution in [0.15, 0.2) is 0 Å². The summed E-state index contributed by atoms with van der Waals surface area (Å²) in [6.07, 6.45) is 2.02. The van der Waals surface area contributed by atoms with Gasteiger partial charge in [-0.3, -0.25) is 10.2 Å². The van der Waals surface area contributed by atoms with Crippen LogP contribution in [0.25, 0.3) is 0 Å². The molecule has 1 aliphatic rings. The van der Waals surface area contributed by atoms with Crippen molar-refractivity contribution < 1.29 is 4.79 Å². The van der Waals surface area contributed by atoms with Gasteiger partial charge in [0.1, 0.15) is 0 Å². The quantitative estimate of drug-likeness (QED) is 0.286. The van der Waals surface area contributed by atoms with E-state index in [1.54, 1.807) is 0 Å². The van der Waals surface area contributed by atoms with Gasteiger partial charge in [-0.05, 0) is 19.4 Å². The summed E-state index contributed by atoms with van der Waals surface area (Å²) in [7, 11) is 0. The summed E-state index contributed by atoms with van der Waals surface area (Å²) in [4.78, 5) is 10.9. The van der Waals surface area contributed by atoms with E-state index in [9.17, 15) is 4.79 Å². The molecule has 1 rings (SSSR count). The highest BCUT2D eigenvalue weighted by molar-refractivity contribution is 5.85. The molecule has 1 unspecified atom stereocenters. The standard InChI is InChI=1S/C6H13N3O.ClH/c7-9-6(10)5-2-1-3-8-4-5;/h5,8H,1-4,7H2,(H,9,10);1H. The monoisotopic (exact) mass is 179 g/mol. The Morgan fingerprint density at radius 1 is 1.64 bits per heavy atom. The van der Waals surface area contributed by atoms with Crippen LogP contribution in [0, 0.1) is 5.92 Å². The lowest BCUT2D eigenvalue weighted by Gasteiger charge is -2.20. The number of carbonyl (C=O) groups excluding carboxylic acids is 1. The lowest BCUT2D eigenvalue weighted by Crippen LogP contribution is -2.43. The first-order chi connectivity index (χ1) is 4.84. The minimum absolute atomic E-state index is 0. The molecule has 1 saturated heterocycles. The van der Waals surface area contributed by atoms with Crippen LogP contribution in [0.3, 0.4) is 0 Å². The van der Waals surface area contributed by atoms with Gasteiger partial charge in [0.15, 0.2) is 0 Å². The zero-order chi connectivity index (χ0) is 7.40. The van der Waals surface area contributed by atoms with E-state index in [1.807, 2.05) is 0 Å². The van der Waals surface area contributed by atoms with Gasteiger partial charge < -0.3 is 5.32 Å². The number of nitrogens with two attached hydrogens (primary N) is 1. The first-order valence-electron chi connectivity index (χ1n) is 3.56. The number of piperidine rings is 1. The Balaban J connectivity index is 0.000001000. The highest BCUT2D eigenvalue weighted by Gasteiger charge is 2.19. The Labute approximate surface area is 72.3 Å². The van der Waals surface area contributed by atoms with E-state index >= 15 is 0 Å². The highest BCUT2D eigenvalue weighted by Crippen LogP contribution is 2.08. The maximum atomic E-state index is 10.9. The van der Waals surface area contributed by atoms with Crippen molar-refractivity contribution in [2.75, 3.05) is 13.1 Å². The molecular weight excluding hydrogens is 166 g/mol. The molecular formula is C6H14ClN3O. The van der Waals surface area contributed by atoms with E-state index in [0.717, 1.165) is 25.9 Å². The van der Waals surface area contributed by atoms with E-state index in [-0.39, 0.29) is 24.2 Å². The molecule has 66 valence electrons. The third-order valence-electron chi connectivity index (χ3n) is 1.81. The lowest BCUT2D eigenvalue weighted by molar-refractivity contribution is -0.125. The van der Waals surface area contributed by atoms with Gasteiger partial charge in [0.05, 0.1) is 5.92 Å². The molecule has 4 nitrogen and oxygen atoms in total. The van der Waals surface area contributed by atoms with E-state index in [0.29, 0.717) is 0 Å². The summed E-state index contributed by atoms with van der Waals surface area (Å²) in [5, 5.41) is 3.13. The molecule has 0 aromatic carbocycles. The maximum absolute atomic E-state index is 10.9. The van der Waals surface area contributed by atoms with Crippen LogP contribution in [-0.4, -0.2) is 19.0 Å².